The maximum absolute atomic E-state index is 12.9. The Bertz CT molecular complexity index is 294. The lowest BCUT2D eigenvalue weighted by Gasteiger charge is -2.05. The summed E-state index contributed by atoms with van der Waals surface area (Å²) in [4.78, 5) is 3.49. The Labute approximate surface area is 77.5 Å². The van der Waals surface area contributed by atoms with Gasteiger partial charge >= 0.3 is 0 Å². The fourth-order valence-electron chi connectivity index (χ4n) is 0.840. The minimum atomic E-state index is -2.97. The van der Waals surface area contributed by atoms with Gasteiger partial charge in [-0.25, -0.2) is 18.2 Å². The number of pyridine rings is 1. The van der Waals surface area contributed by atoms with Gasteiger partial charge in [0, 0.05) is 6.54 Å². The molecule has 0 amide bonds. The van der Waals surface area contributed by atoms with Crippen molar-refractivity contribution in [3.05, 3.63) is 28.3 Å². The predicted molar refractivity (Wildman–Crippen MR) is 42.1 cm³/mol. The maximum Gasteiger partial charge on any atom is 0.269 e. The third-order valence-corrected chi connectivity index (χ3v) is 1.73. The fraction of sp³-hybridized carbons (Fsp3) is 0.286. The van der Waals surface area contributed by atoms with Crippen LogP contribution in [0.5, 0.6) is 0 Å². The van der Waals surface area contributed by atoms with Crippen LogP contribution in [0.1, 0.15) is 17.7 Å². The molecule has 1 heterocycles. The van der Waals surface area contributed by atoms with Gasteiger partial charge in [0.25, 0.3) is 6.43 Å². The lowest BCUT2D eigenvalue weighted by atomic mass is 10.2. The molecule has 2 N–H and O–H groups in total. The summed E-state index contributed by atoms with van der Waals surface area (Å²) in [7, 11) is 0. The third kappa shape index (κ3) is 2.10. The minimum absolute atomic E-state index is 0.0415. The van der Waals surface area contributed by atoms with Crippen LogP contribution in [0.2, 0.25) is 5.15 Å². The van der Waals surface area contributed by atoms with E-state index in [9.17, 15) is 13.2 Å². The molecule has 0 saturated heterocycles. The zero-order chi connectivity index (χ0) is 10.0. The van der Waals surface area contributed by atoms with E-state index in [1.165, 1.54) is 0 Å². The number of nitrogens with two attached hydrogens (primary N) is 1. The van der Waals surface area contributed by atoms with Crippen LogP contribution in [0.25, 0.3) is 0 Å². The molecule has 2 nitrogen and oxygen atoms in total. The van der Waals surface area contributed by atoms with Crippen molar-refractivity contribution in [1.29, 1.82) is 0 Å². The summed E-state index contributed by atoms with van der Waals surface area (Å²) in [5.41, 5.74) is 4.41. The van der Waals surface area contributed by atoms with Gasteiger partial charge < -0.3 is 5.73 Å². The van der Waals surface area contributed by atoms with Crippen LogP contribution in [-0.4, -0.2) is 4.98 Å². The predicted octanol–water partition coefficient (Wildman–Crippen LogP) is 2.27. The molecule has 0 aliphatic carbocycles. The van der Waals surface area contributed by atoms with Crippen molar-refractivity contribution in [2.24, 2.45) is 5.73 Å². The normalized spacial score (nSPS) is 10.9. The summed E-state index contributed by atoms with van der Waals surface area (Å²) in [5, 5.41) is -0.532. The van der Waals surface area contributed by atoms with Crippen LogP contribution in [0.15, 0.2) is 6.07 Å². The smallest absolute Gasteiger partial charge is 0.269 e. The van der Waals surface area contributed by atoms with Crippen molar-refractivity contribution in [2.45, 2.75) is 13.0 Å². The Hall–Kier alpha value is -0.810. The van der Waals surface area contributed by atoms with Gasteiger partial charge in [-0.3, -0.25) is 0 Å². The van der Waals surface area contributed by atoms with Crippen molar-refractivity contribution < 1.29 is 13.2 Å². The fourth-order valence-corrected chi connectivity index (χ4v) is 1.12. The number of aromatic nitrogens is 1. The molecule has 0 radical (unpaired) electrons. The zero-order valence-corrected chi connectivity index (χ0v) is 7.15. The standard InChI is InChI=1S/C7H6ClF3N2/c8-6-5(7(10)11)4(9)1-3(2-12)13-6/h1,7H,2,12H2. The van der Waals surface area contributed by atoms with E-state index < -0.39 is 23.0 Å². The Balaban J connectivity index is 3.23. The highest BCUT2D eigenvalue weighted by Gasteiger charge is 2.19. The van der Waals surface area contributed by atoms with Crippen LogP contribution < -0.4 is 5.73 Å². The van der Waals surface area contributed by atoms with Crippen LogP contribution in [0.3, 0.4) is 0 Å². The molecule has 0 aliphatic rings. The van der Waals surface area contributed by atoms with Crippen LogP contribution in [-0.2, 0) is 6.54 Å². The van der Waals surface area contributed by atoms with Gasteiger partial charge in [-0.05, 0) is 6.07 Å². The summed E-state index contributed by atoms with van der Waals surface area (Å²) in [6.07, 6.45) is -2.97. The molecule has 0 fully saturated rings. The quantitative estimate of drug-likeness (QED) is 0.761. The molecule has 0 bridgehead atoms. The molecule has 0 unspecified atom stereocenters. The van der Waals surface area contributed by atoms with Crippen LogP contribution in [0, 0.1) is 5.82 Å². The third-order valence-electron chi connectivity index (χ3n) is 1.44. The van der Waals surface area contributed by atoms with Crippen molar-refractivity contribution in [3.8, 4) is 0 Å². The van der Waals surface area contributed by atoms with E-state index >= 15 is 0 Å². The largest absolute Gasteiger partial charge is 0.325 e. The molecule has 0 saturated carbocycles. The van der Waals surface area contributed by atoms with E-state index in [-0.39, 0.29) is 12.2 Å². The molecular weight excluding hydrogens is 205 g/mol. The molecule has 1 aromatic rings. The maximum atomic E-state index is 12.9. The summed E-state index contributed by atoms with van der Waals surface area (Å²) >= 11 is 5.32. The molecule has 1 rings (SSSR count). The molecular formula is C7H6ClF3N2. The number of hydrogen-bond donors (Lipinski definition) is 1. The second-order valence-electron chi connectivity index (χ2n) is 2.30. The van der Waals surface area contributed by atoms with E-state index in [1.807, 2.05) is 0 Å². The van der Waals surface area contributed by atoms with Crippen molar-refractivity contribution in [1.82, 2.24) is 4.98 Å². The van der Waals surface area contributed by atoms with E-state index in [0.29, 0.717) is 0 Å². The number of hydrogen-bond acceptors (Lipinski definition) is 2. The van der Waals surface area contributed by atoms with E-state index in [2.05, 4.69) is 4.98 Å². The van der Waals surface area contributed by atoms with Gasteiger partial charge in [-0.1, -0.05) is 11.6 Å². The molecule has 13 heavy (non-hydrogen) atoms. The second-order valence-corrected chi connectivity index (χ2v) is 2.66. The highest BCUT2D eigenvalue weighted by atomic mass is 35.5. The molecule has 1 aromatic heterocycles. The minimum Gasteiger partial charge on any atom is -0.325 e. The molecule has 0 aromatic carbocycles. The van der Waals surface area contributed by atoms with E-state index in [1.54, 1.807) is 0 Å². The van der Waals surface area contributed by atoms with Crippen molar-refractivity contribution in [2.75, 3.05) is 0 Å². The summed E-state index contributed by atoms with van der Waals surface area (Å²) in [6.45, 7) is -0.0415. The second kappa shape index (κ2) is 3.93. The lowest BCUT2D eigenvalue weighted by molar-refractivity contribution is 0.146. The highest BCUT2D eigenvalue weighted by molar-refractivity contribution is 6.30. The van der Waals surface area contributed by atoms with Crippen LogP contribution >= 0.6 is 11.6 Å². The van der Waals surface area contributed by atoms with Crippen LogP contribution in [0.4, 0.5) is 13.2 Å². The zero-order valence-electron chi connectivity index (χ0n) is 6.40. The van der Waals surface area contributed by atoms with E-state index in [0.717, 1.165) is 6.07 Å². The Morgan fingerprint density at radius 1 is 1.54 bits per heavy atom. The molecule has 0 aliphatic heterocycles. The van der Waals surface area contributed by atoms with Crippen molar-refractivity contribution in [3.63, 3.8) is 0 Å². The average Bonchev–Trinajstić information content (AvgIpc) is 2.02. The van der Waals surface area contributed by atoms with Gasteiger partial charge in [0.2, 0.25) is 0 Å². The number of halogens is 4. The first-order valence-electron chi connectivity index (χ1n) is 3.39. The van der Waals surface area contributed by atoms with E-state index in [4.69, 9.17) is 17.3 Å². The van der Waals surface area contributed by atoms with Crippen molar-refractivity contribution >= 4 is 11.6 Å². The number of nitrogens with zero attached hydrogens (tertiary/aromatic N) is 1. The van der Waals surface area contributed by atoms with Gasteiger partial charge in [-0.15, -0.1) is 0 Å². The summed E-state index contributed by atoms with van der Waals surface area (Å²) in [6, 6.07) is 0.855. The molecule has 72 valence electrons. The average molecular weight is 211 g/mol. The summed E-state index contributed by atoms with van der Waals surface area (Å²) in [5.74, 6) is -1.07. The first-order valence-corrected chi connectivity index (χ1v) is 3.77. The Kier molecular flexibility index (Phi) is 3.11. The van der Waals surface area contributed by atoms with Gasteiger partial charge in [0.15, 0.2) is 0 Å². The summed E-state index contributed by atoms with van der Waals surface area (Å²) < 4.78 is 37.1. The molecule has 0 spiro atoms. The Morgan fingerprint density at radius 2 is 2.15 bits per heavy atom. The molecule has 6 heteroatoms. The Morgan fingerprint density at radius 3 is 2.54 bits per heavy atom. The molecule has 0 atom stereocenters. The monoisotopic (exact) mass is 210 g/mol. The number of rotatable bonds is 2. The first-order chi connectivity index (χ1) is 6.06. The van der Waals surface area contributed by atoms with Gasteiger partial charge in [0.05, 0.1) is 11.3 Å². The highest BCUT2D eigenvalue weighted by Crippen LogP contribution is 2.28. The topological polar surface area (TPSA) is 38.9 Å². The first kappa shape index (κ1) is 10.3. The lowest BCUT2D eigenvalue weighted by Crippen LogP contribution is -2.04. The van der Waals surface area contributed by atoms with Gasteiger partial charge in [-0.2, -0.15) is 0 Å². The SMILES string of the molecule is NCc1cc(F)c(C(F)F)c(Cl)n1. The van der Waals surface area contributed by atoms with Gasteiger partial charge in [0.1, 0.15) is 11.0 Å². The number of alkyl halides is 2.